The Morgan fingerprint density at radius 2 is 1.91 bits per heavy atom. The summed E-state index contributed by atoms with van der Waals surface area (Å²) in [7, 11) is 4.01. The molecular weight excluding hydrogens is 290 g/mol. The smallest absolute Gasteiger partial charge is 0.246 e. The molecule has 1 heterocycles. The number of amides is 2. The zero-order valence-corrected chi connectivity index (χ0v) is 14.6. The first kappa shape index (κ1) is 17.5. The Bertz CT molecular complexity index is 571. The van der Waals surface area contributed by atoms with Crippen molar-refractivity contribution in [1.82, 2.24) is 9.80 Å². The lowest BCUT2D eigenvalue weighted by Gasteiger charge is -2.27. The molecule has 5 heteroatoms. The standard InChI is InChI=1S/C18H27N3O2/c1-14-12-16-8-5-6-9-17(16)21(14)18(23)13-20(15(2)22)11-7-10-19(3)4/h5-6,8-9,14H,7,10-13H2,1-4H3. The van der Waals surface area contributed by atoms with Crippen molar-refractivity contribution in [3.63, 3.8) is 0 Å². The van der Waals surface area contributed by atoms with E-state index in [2.05, 4.69) is 17.9 Å². The van der Waals surface area contributed by atoms with Gasteiger partial charge >= 0.3 is 0 Å². The molecule has 0 saturated heterocycles. The van der Waals surface area contributed by atoms with Crippen molar-refractivity contribution in [2.75, 3.05) is 38.6 Å². The summed E-state index contributed by atoms with van der Waals surface area (Å²) in [6.45, 7) is 5.26. The van der Waals surface area contributed by atoms with Crippen molar-refractivity contribution in [2.45, 2.75) is 32.7 Å². The van der Waals surface area contributed by atoms with Gasteiger partial charge in [-0.05, 0) is 52.0 Å². The largest absolute Gasteiger partial charge is 0.334 e. The summed E-state index contributed by atoms with van der Waals surface area (Å²) >= 11 is 0. The second-order valence-electron chi connectivity index (χ2n) is 6.54. The van der Waals surface area contributed by atoms with Crippen LogP contribution in [0.1, 0.15) is 25.8 Å². The number of benzene rings is 1. The molecule has 1 aliphatic rings. The third kappa shape index (κ3) is 4.32. The summed E-state index contributed by atoms with van der Waals surface area (Å²) in [6.07, 6.45) is 1.74. The molecule has 0 spiro atoms. The van der Waals surface area contributed by atoms with Crippen LogP contribution in [0.15, 0.2) is 24.3 Å². The summed E-state index contributed by atoms with van der Waals surface area (Å²) in [4.78, 5) is 30.2. The van der Waals surface area contributed by atoms with Gasteiger partial charge in [-0.1, -0.05) is 18.2 Å². The highest BCUT2D eigenvalue weighted by Gasteiger charge is 2.31. The third-order valence-corrected chi connectivity index (χ3v) is 4.28. The number of rotatable bonds is 6. The van der Waals surface area contributed by atoms with E-state index < -0.39 is 0 Å². The molecule has 0 bridgehead atoms. The molecule has 2 amide bonds. The van der Waals surface area contributed by atoms with Crippen molar-refractivity contribution in [3.8, 4) is 0 Å². The molecule has 2 rings (SSSR count). The first-order valence-electron chi connectivity index (χ1n) is 8.20. The molecule has 1 aromatic carbocycles. The number of carbonyl (C=O) groups excluding carboxylic acids is 2. The molecule has 5 nitrogen and oxygen atoms in total. The molecule has 0 fully saturated rings. The van der Waals surface area contributed by atoms with Crippen LogP contribution in [0.4, 0.5) is 5.69 Å². The van der Waals surface area contributed by atoms with E-state index in [0.29, 0.717) is 6.54 Å². The topological polar surface area (TPSA) is 43.9 Å². The number of anilines is 1. The molecule has 0 radical (unpaired) electrons. The van der Waals surface area contributed by atoms with E-state index in [1.807, 2.05) is 37.2 Å². The highest BCUT2D eigenvalue weighted by atomic mass is 16.2. The Balaban J connectivity index is 2.03. The second kappa shape index (κ2) is 7.59. The maximum atomic E-state index is 12.8. The molecule has 1 aromatic rings. The normalized spacial score (nSPS) is 16.6. The Hall–Kier alpha value is -1.88. The zero-order chi connectivity index (χ0) is 17.0. The van der Waals surface area contributed by atoms with Gasteiger partial charge < -0.3 is 14.7 Å². The monoisotopic (exact) mass is 317 g/mol. The van der Waals surface area contributed by atoms with Crippen LogP contribution in [0.25, 0.3) is 0 Å². The third-order valence-electron chi connectivity index (χ3n) is 4.28. The van der Waals surface area contributed by atoms with Crippen molar-refractivity contribution in [2.24, 2.45) is 0 Å². The van der Waals surface area contributed by atoms with Crippen molar-refractivity contribution >= 4 is 17.5 Å². The van der Waals surface area contributed by atoms with E-state index in [1.165, 1.54) is 12.5 Å². The van der Waals surface area contributed by atoms with Gasteiger partial charge in [0.1, 0.15) is 6.54 Å². The predicted octanol–water partition coefficient (Wildman–Crippen LogP) is 1.76. The number of carbonyl (C=O) groups is 2. The van der Waals surface area contributed by atoms with Gasteiger partial charge in [-0.25, -0.2) is 0 Å². The highest BCUT2D eigenvalue weighted by molar-refractivity contribution is 5.98. The molecule has 0 saturated carbocycles. The first-order chi connectivity index (χ1) is 10.9. The van der Waals surface area contributed by atoms with E-state index in [9.17, 15) is 9.59 Å². The maximum Gasteiger partial charge on any atom is 0.246 e. The fourth-order valence-electron chi connectivity index (χ4n) is 3.11. The van der Waals surface area contributed by atoms with Gasteiger partial charge in [-0.3, -0.25) is 9.59 Å². The number of para-hydroxylation sites is 1. The van der Waals surface area contributed by atoms with Gasteiger partial charge in [-0.15, -0.1) is 0 Å². The maximum absolute atomic E-state index is 12.8. The molecule has 126 valence electrons. The Morgan fingerprint density at radius 3 is 2.57 bits per heavy atom. The van der Waals surface area contributed by atoms with E-state index in [-0.39, 0.29) is 24.4 Å². The lowest BCUT2D eigenvalue weighted by molar-refractivity contribution is -0.133. The number of hydrogen-bond acceptors (Lipinski definition) is 3. The van der Waals surface area contributed by atoms with E-state index >= 15 is 0 Å². The molecule has 23 heavy (non-hydrogen) atoms. The van der Waals surface area contributed by atoms with Gasteiger partial charge in [0, 0.05) is 25.2 Å². The van der Waals surface area contributed by atoms with Crippen LogP contribution in [-0.4, -0.2) is 61.4 Å². The Morgan fingerprint density at radius 1 is 1.22 bits per heavy atom. The first-order valence-corrected chi connectivity index (χ1v) is 8.20. The van der Waals surface area contributed by atoms with E-state index in [0.717, 1.165) is 25.1 Å². The molecule has 0 aliphatic carbocycles. The van der Waals surface area contributed by atoms with Crippen molar-refractivity contribution in [1.29, 1.82) is 0 Å². The van der Waals surface area contributed by atoms with Crippen LogP contribution in [0.5, 0.6) is 0 Å². The predicted molar refractivity (Wildman–Crippen MR) is 92.5 cm³/mol. The minimum atomic E-state index is -0.0442. The summed E-state index contributed by atoms with van der Waals surface area (Å²) in [5, 5.41) is 0. The highest BCUT2D eigenvalue weighted by Crippen LogP contribution is 2.31. The Kier molecular flexibility index (Phi) is 5.77. The van der Waals surface area contributed by atoms with Crippen molar-refractivity contribution < 1.29 is 9.59 Å². The summed E-state index contributed by atoms with van der Waals surface area (Å²) < 4.78 is 0. The lowest BCUT2D eigenvalue weighted by atomic mass is 10.1. The van der Waals surface area contributed by atoms with Gasteiger partial charge in [0.05, 0.1) is 0 Å². The average Bonchev–Trinajstić information content (AvgIpc) is 2.81. The van der Waals surface area contributed by atoms with Gasteiger partial charge in [-0.2, -0.15) is 0 Å². The molecule has 1 unspecified atom stereocenters. The fourth-order valence-corrected chi connectivity index (χ4v) is 3.11. The lowest BCUT2D eigenvalue weighted by Crippen LogP contribution is -2.45. The zero-order valence-electron chi connectivity index (χ0n) is 14.6. The molecule has 1 atom stereocenters. The number of fused-ring (bicyclic) bond motifs is 1. The van der Waals surface area contributed by atoms with Gasteiger partial charge in [0.15, 0.2) is 0 Å². The SMILES string of the molecule is CC(=O)N(CCCN(C)C)CC(=O)N1c2ccccc2CC1C. The average molecular weight is 317 g/mol. The fraction of sp³-hybridized carbons (Fsp3) is 0.556. The number of nitrogens with zero attached hydrogens (tertiary/aromatic N) is 3. The second-order valence-corrected chi connectivity index (χ2v) is 6.54. The summed E-state index contributed by atoms with van der Waals surface area (Å²) in [5.41, 5.74) is 2.19. The minimum Gasteiger partial charge on any atom is -0.334 e. The minimum absolute atomic E-state index is 0.00232. The molecule has 0 N–H and O–H groups in total. The number of hydrogen-bond donors (Lipinski definition) is 0. The van der Waals surface area contributed by atoms with Crippen LogP contribution >= 0.6 is 0 Å². The molecule has 1 aliphatic heterocycles. The summed E-state index contributed by atoms with van der Waals surface area (Å²) in [5.74, 6) is -0.0419. The van der Waals surface area contributed by atoms with Crippen LogP contribution in [0.2, 0.25) is 0 Å². The summed E-state index contributed by atoms with van der Waals surface area (Å²) in [6, 6.07) is 8.16. The Labute approximate surface area is 138 Å². The van der Waals surface area contributed by atoms with E-state index in [1.54, 1.807) is 4.90 Å². The van der Waals surface area contributed by atoms with Gasteiger partial charge in [0.25, 0.3) is 0 Å². The van der Waals surface area contributed by atoms with Gasteiger partial charge in [0.2, 0.25) is 11.8 Å². The van der Waals surface area contributed by atoms with Crippen LogP contribution in [0.3, 0.4) is 0 Å². The van der Waals surface area contributed by atoms with E-state index in [4.69, 9.17) is 0 Å². The van der Waals surface area contributed by atoms with Crippen LogP contribution in [-0.2, 0) is 16.0 Å². The van der Waals surface area contributed by atoms with Crippen molar-refractivity contribution in [3.05, 3.63) is 29.8 Å². The quantitative estimate of drug-likeness (QED) is 0.803. The van der Waals surface area contributed by atoms with Crippen LogP contribution < -0.4 is 4.90 Å². The molecular formula is C18H27N3O2. The van der Waals surface area contributed by atoms with Crippen LogP contribution in [0, 0.1) is 0 Å². The molecule has 0 aromatic heterocycles.